The molecule has 1 saturated carbocycles. The highest BCUT2D eigenvalue weighted by atomic mass is 16.6. The average molecular weight is 467 g/mol. The van der Waals surface area contributed by atoms with E-state index < -0.39 is 5.41 Å². The Kier molecular flexibility index (Phi) is 6.21. The van der Waals surface area contributed by atoms with Crippen LogP contribution in [0.15, 0.2) is 30.3 Å². The van der Waals surface area contributed by atoms with Gasteiger partial charge in [0.25, 0.3) is 0 Å². The minimum absolute atomic E-state index is 0.0925. The number of rotatable bonds is 8. The molecule has 0 radical (unpaired) electrons. The van der Waals surface area contributed by atoms with Crippen LogP contribution in [0, 0.1) is 5.41 Å². The number of ketones is 1. The first-order chi connectivity index (χ1) is 16.6. The van der Waals surface area contributed by atoms with E-state index in [1.54, 1.807) is 14.2 Å². The number of hydrogen-bond acceptors (Lipinski definition) is 7. The maximum atomic E-state index is 13.0. The molecular formula is C27H30O7. The number of fused-ring (bicyclic) bond motifs is 1. The Hall–Kier alpha value is -3.06. The number of carbonyl (C=O) groups excluding carboxylic acids is 2. The summed E-state index contributed by atoms with van der Waals surface area (Å²) < 4.78 is 28.7. The van der Waals surface area contributed by atoms with E-state index in [9.17, 15) is 9.59 Å². The molecule has 1 heterocycles. The van der Waals surface area contributed by atoms with Gasteiger partial charge in [-0.05, 0) is 42.5 Å². The van der Waals surface area contributed by atoms with E-state index in [1.807, 2.05) is 30.3 Å². The van der Waals surface area contributed by atoms with Gasteiger partial charge < -0.3 is 23.7 Å². The molecule has 0 unspecified atom stereocenters. The zero-order chi connectivity index (χ0) is 23.7. The minimum atomic E-state index is -0.641. The van der Waals surface area contributed by atoms with Gasteiger partial charge in [-0.3, -0.25) is 9.59 Å². The van der Waals surface area contributed by atoms with Crippen molar-refractivity contribution in [1.82, 2.24) is 0 Å². The van der Waals surface area contributed by atoms with Crippen LogP contribution in [-0.2, 0) is 20.7 Å². The molecule has 0 atom stereocenters. The Labute approximate surface area is 199 Å². The second kappa shape index (κ2) is 9.29. The summed E-state index contributed by atoms with van der Waals surface area (Å²) >= 11 is 0. The molecule has 5 rings (SSSR count). The van der Waals surface area contributed by atoms with Gasteiger partial charge >= 0.3 is 5.97 Å². The molecule has 0 N–H and O–H groups in total. The maximum Gasteiger partial charge on any atom is 0.315 e. The van der Waals surface area contributed by atoms with E-state index >= 15 is 0 Å². The third-order valence-electron chi connectivity index (χ3n) is 7.09. The topological polar surface area (TPSA) is 80.3 Å². The SMILES string of the molecule is COc1ccc(-c2cccc3c2CCC3=O)c(OCC2(C(=O)OC3CCOCC3)CC2)c1OC. The molecule has 0 amide bonds. The fourth-order valence-electron chi connectivity index (χ4n) is 4.84. The van der Waals surface area contributed by atoms with E-state index in [-0.39, 0.29) is 24.5 Å². The van der Waals surface area contributed by atoms with Crippen LogP contribution in [0.5, 0.6) is 17.2 Å². The minimum Gasteiger partial charge on any atom is -0.493 e. The lowest BCUT2D eigenvalue weighted by Gasteiger charge is -2.25. The third-order valence-corrected chi connectivity index (χ3v) is 7.09. The van der Waals surface area contributed by atoms with Gasteiger partial charge in [0, 0.05) is 30.4 Å². The summed E-state index contributed by atoms with van der Waals surface area (Å²) in [5.74, 6) is 1.48. The van der Waals surface area contributed by atoms with E-state index in [2.05, 4.69) is 0 Å². The van der Waals surface area contributed by atoms with Crippen LogP contribution in [-0.4, -0.2) is 51.9 Å². The molecule has 2 aliphatic carbocycles. The summed E-state index contributed by atoms with van der Waals surface area (Å²) in [4.78, 5) is 25.3. The van der Waals surface area contributed by atoms with Crippen molar-refractivity contribution in [3.63, 3.8) is 0 Å². The Morgan fingerprint density at radius 3 is 2.44 bits per heavy atom. The van der Waals surface area contributed by atoms with Crippen molar-refractivity contribution < 1.29 is 33.3 Å². The first kappa shape index (κ1) is 22.7. The fourth-order valence-corrected chi connectivity index (χ4v) is 4.84. The van der Waals surface area contributed by atoms with Gasteiger partial charge in [0.05, 0.1) is 27.4 Å². The van der Waals surface area contributed by atoms with Crippen LogP contribution in [0.2, 0.25) is 0 Å². The first-order valence-corrected chi connectivity index (χ1v) is 11.9. The van der Waals surface area contributed by atoms with Crippen molar-refractivity contribution in [2.24, 2.45) is 5.41 Å². The molecule has 2 aromatic carbocycles. The molecule has 7 heteroatoms. The molecule has 34 heavy (non-hydrogen) atoms. The Morgan fingerprint density at radius 1 is 0.971 bits per heavy atom. The molecule has 2 fully saturated rings. The molecule has 2 aromatic rings. The largest absolute Gasteiger partial charge is 0.493 e. The summed E-state index contributed by atoms with van der Waals surface area (Å²) in [6, 6.07) is 9.53. The quantitative estimate of drug-likeness (QED) is 0.534. The van der Waals surface area contributed by atoms with Gasteiger partial charge in [-0.2, -0.15) is 0 Å². The van der Waals surface area contributed by atoms with Crippen molar-refractivity contribution >= 4 is 11.8 Å². The molecule has 0 spiro atoms. The standard InChI is InChI=1S/C27H30O7/c1-30-23-9-7-21(18-4-3-5-20-19(18)6-8-22(20)28)24(25(23)31-2)33-16-27(12-13-27)26(29)34-17-10-14-32-15-11-17/h3-5,7,9,17H,6,8,10-16H2,1-2H3. The Morgan fingerprint density at radius 2 is 1.74 bits per heavy atom. The highest BCUT2D eigenvalue weighted by Crippen LogP contribution is 2.51. The molecule has 3 aliphatic rings. The zero-order valence-corrected chi connectivity index (χ0v) is 19.7. The summed E-state index contributed by atoms with van der Waals surface area (Å²) in [6.07, 6.45) is 4.03. The van der Waals surface area contributed by atoms with Gasteiger partial charge in [-0.1, -0.05) is 18.2 Å². The van der Waals surface area contributed by atoms with Crippen LogP contribution in [0.4, 0.5) is 0 Å². The zero-order valence-electron chi connectivity index (χ0n) is 19.7. The number of ether oxygens (including phenoxy) is 5. The number of hydrogen-bond donors (Lipinski definition) is 0. The van der Waals surface area contributed by atoms with Gasteiger partial charge in [0.15, 0.2) is 17.3 Å². The smallest absolute Gasteiger partial charge is 0.315 e. The lowest BCUT2D eigenvalue weighted by Crippen LogP contribution is -2.32. The summed E-state index contributed by atoms with van der Waals surface area (Å²) in [6.45, 7) is 1.44. The van der Waals surface area contributed by atoms with E-state index in [0.29, 0.717) is 43.3 Å². The van der Waals surface area contributed by atoms with Gasteiger partial charge in [-0.15, -0.1) is 0 Å². The molecular weight excluding hydrogens is 436 g/mol. The second-order valence-electron chi connectivity index (χ2n) is 9.22. The van der Waals surface area contributed by atoms with Crippen molar-refractivity contribution in [1.29, 1.82) is 0 Å². The van der Waals surface area contributed by atoms with Gasteiger partial charge in [0.1, 0.15) is 18.1 Å². The summed E-state index contributed by atoms with van der Waals surface area (Å²) in [7, 11) is 3.15. The first-order valence-electron chi connectivity index (χ1n) is 11.9. The molecule has 7 nitrogen and oxygen atoms in total. The van der Waals surface area contributed by atoms with Crippen molar-refractivity contribution in [3.8, 4) is 28.4 Å². The number of methoxy groups -OCH3 is 2. The van der Waals surface area contributed by atoms with Crippen LogP contribution in [0.25, 0.3) is 11.1 Å². The normalized spacial score (nSPS) is 18.8. The second-order valence-corrected chi connectivity index (χ2v) is 9.22. The Balaban J connectivity index is 1.44. The van der Waals surface area contributed by atoms with Gasteiger partial charge in [-0.25, -0.2) is 0 Å². The summed E-state index contributed by atoms with van der Waals surface area (Å²) in [5.41, 5.74) is 2.89. The highest BCUT2D eigenvalue weighted by Gasteiger charge is 2.53. The molecule has 1 aliphatic heterocycles. The predicted octanol–water partition coefficient (Wildman–Crippen LogP) is 4.38. The third kappa shape index (κ3) is 4.13. The van der Waals surface area contributed by atoms with E-state index in [0.717, 1.165) is 47.9 Å². The average Bonchev–Trinajstić information content (AvgIpc) is 3.58. The predicted molar refractivity (Wildman–Crippen MR) is 125 cm³/mol. The number of carbonyl (C=O) groups is 2. The number of esters is 1. The van der Waals surface area contributed by atoms with E-state index in [4.69, 9.17) is 23.7 Å². The van der Waals surface area contributed by atoms with Crippen LogP contribution >= 0.6 is 0 Å². The lowest BCUT2D eigenvalue weighted by atomic mass is 9.95. The molecule has 0 bridgehead atoms. The van der Waals surface area contributed by atoms with Crippen LogP contribution < -0.4 is 14.2 Å². The summed E-state index contributed by atoms with van der Waals surface area (Å²) in [5, 5.41) is 0. The van der Waals surface area contributed by atoms with Crippen LogP contribution in [0.1, 0.15) is 48.0 Å². The van der Waals surface area contributed by atoms with Gasteiger partial charge in [0.2, 0.25) is 5.75 Å². The molecule has 180 valence electrons. The van der Waals surface area contributed by atoms with Crippen LogP contribution in [0.3, 0.4) is 0 Å². The lowest BCUT2D eigenvalue weighted by molar-refractivity contribution is -0.161. The maximum absolute atomic E-state index is 13.0. The molecule has 0 aromatic heterocycles. The molecule has 1 saturated heterocycles. The Bertz CT molecular complexity index is 1100. The highest BCUT2D eigenvalue weighted by molar-refractivity contribution is 6.02. The number of Topliss-reactive ketones (excluding diaryl/α,β-unsaturated/α-hetero) is 1. The fraction of sp³-hybridized carbons (Fsp3) is 0.481. The van der Waals surface area contributed by atoms with E-state index in [1.165, 1.54) is 0 Å². The monoisotopic (exact) mass is 466 g/mol. The van der Waals surface area contributed by atoms with Crippen molar-refractivity contribution in [3.05, 3.63) is 41.5 Å². The van der Waals surface area contributed by atoms with Crippen molar-refractivity contribution in [2.45, 2.75) is 44.6 Å². The number of benzene rings is 2. The van der Waals surface area contributed by atoms with Crippen molar-refractivity contribution in [2.75, 3.05) is 34.0 Å².